The van der Waals surface area contributed by atoms with Crippen LogP contribution in [0, 0.1) is 0 Å². The number of halogens is 1. The van der Waals surface area contributed by atoms with Crippen LogP contribution in [-0.4, -0.2) is 13.1 Å². The molecule has 0 fully saturated rings. The Morgan fingerprint density at radius 2 is 2.17 bits per heavy atom. The van der Waals surface area contributed by atoms with Gasteiger partial charge in [-0.15, -0.1) is 11.3 Å². The van der Waals surface area contributed by atoms with Crippen LogP contribution in [0.4, 0.5) is 0 Å². The Kier molecular flexibility index (Phi) is 3.68. The predicted octanol–water partition coefficient (Wildman–Crippen LogP) is 3.78. The Morgan fingerprint density at radius 1 is 1.28 bits per heavy atom. The van der Waals surface area contributed by atoms with Gasteiger partial charge < -0.3 is 10.1 Å². The monoisotopic (exact) mass is 323 g/mol. The molecule has 1 aliphatic rings. The fourth-order valence-corrected chi connectivity index (χ4v) is 3.50. The second-order valence-corrected chi connectivity index (χ2v) is 6.15. The molecule has 3 rings (SSSR count). The van der Waals surface area contributed by atoms with Crippen molar-refractivity contribution in [2.24, 2.45) is 0 Å². The van der Waals surface area contributed by atoms with Crippen LogP contribution in [0.1, 0.15) is 16.5 Å². The molecule has 1 unspecified atom stereocenters. The molecule has 0 radical (unpaired) electrons. The minimum absolute atomic E-state index is 0.104. The number of hydrogen-bond donors (Lipinski definition) is 1. The van der Waals surface area contributed by atoms with E-state index >= 15 is 0 Å². The van der Waals surface area contributed by atoms with Gasteiger partial charge in [-0.1, -0.05) is 12.1 Å². The van der Waals surface area contributed by atoms with Crippen LogP contribution >= 0.6 is 27.3 Å². The summed E-state index contributed by atoms with van der Waals surface area (Å²) in [4.78, 5) is 1.44. The van der Waals surface area contributed by atoms with Crippen LogP contribution in [0.5, 0.6) is 5.75 Å². The van der Waals surface area contributed by atoms with Crippen molar-refractivity contribution in [1.82, 2.24) is 5.32 Å². The first-order chi connectivity index (χ1) is 8.84. The molecular formula is C14H14BrNOS. The topological polar surface area (TPSA) is 21.3 Å². The molecule has 0 saturated heterocycles. The minimum Gasteiger partial charge on any atom is -0.483 e. The Hall–Kier alpha value is -0.840. The van der Waals surface area contributed by atoms with E-state index in [4.69, 9.17) is 4.74 Å². The van der Waals surface area contributed by atoms with Crippen molar-refractivity contribution in [3.05, 3.63) is 50.6 Å². The maximum atomic E-state index is 6.15. The van der Waals surface area contributed by atoms with Gasteiger partial charge in [-0.2, -0.15) is 0 Å². The quantitative estimate of drug-likeness (QED) is 0.908. The highest BCUT2D eigenvalue weighted by Crippen LogP contribution is 2.32. The molecule has 0 spiro atoms. The van der Waals surface area contributed by atoms with Gasteiger partial charge in [0, 0.05) is 23.5 Å². The van der Waals surface area contributed by atoms with Gasteiger partial charge in [0.15, 0.2) is 0 Å². The summed E-state index contributed by atoms with van der Waals surface area (Å²) in [7, 11) is 0. The number of nitrogens with one attached hydrogen (secondary N) is 1. The van der Waals surface area contributed by atoms with Gasteiger partial charge in [0.25, 0.3) is 0 Å². The van der Waals surface area contributed by atoms with Gasteiger partial charge in [-0.25, -0.2) is 0 Å². The maximum Gasteiger partial charge on any atom is 0.137 e. The van der Waals surface area contributed by atoms with Gasteiger partial charge >= 0.3 is 0 Å². The molecule has 1 aromatic heterocycles. The Morgan fingerprint density at radius 3 is 3.06 bits per heavy atom. The summed E-state index contributed by atoms with van der Waals surface area (Å²) in [5.41, 5.74) is 1.33. The van der Waals surface area contributed by atoms with Crippen LogP contribution in [0.3, 0.4) is 0 Å². The lowest BCUT2D eigenvalue weighted by atomic mass is 10.1. The highest BCUT2D eigenvalue weighted by Gasteiger charge is 2.21. The number of thiophene rings is 1. The molecule has 1 aromatic carbocycles. The zero-order chi connectivity index (χ0) is 12.4. The van der Waals surface area contributed by atoms with E-state index in [0.29, 0.717) is 0 Å². The van der Waals surface area contributed by atoms with Crippen molar-refractivity contribution in [2.45, 2.75) is 12.5 Å². The Labute approximate surface area is 119 Å². The molecule has 2 heterocycles. The van der Waals surface area contributed by atoms with E-state index in [0.717, 1.165) is 29.7 Å². The average Bonchev–Trinajstić information content (AvgIpc) is 2.76. The second kappa shape index (κ2) is 5.43. The number of fused-ring (bicyclic) bond motifs is 1. The molecule has 1 atom stereocenters. The third kappa shape index (κ3) is 2.46. The molecule has 0 bridgehead atoms. The second-order valence-electron chi connectivity index (χ2n) is 4.29. The van der Waals surface area contributed by atoms with Crippen molar-refractivity contribution in [2.75, 3.05) is 13.1 Å². The molecule has 1 aliphatic heterocycles. The molecular weight excluding hydrogens is 310 g/mol. The first kappa shape index (κ1) is 12.2. The highest BCUT2D eigenvalue weighted by atomic mass is 79.9. The third-order valence-corrected chi connectivity index (χ3v) is 4.74. The summed E-state index contributed by atoms with van der Waals surface area (Å²) in [5, 5.41) is 5.60. The van der Waals surface area contributed by atoms with Crippen LogP contribution in [0.2, 0.25) is 0 Å². The van der Waals surface area contributed by atoms with E-state index in [9.17, 15) is 0 Å². The zero-order valence-corrected chi connectivity index (χ0v) is 12.3. The van der Waals surface area contributed by atoms with Crippen molar-refractivity contribution in [3.8, 4) is 5.75 Å². The van der Waals surface area contributed by atoms with Crippen LogP contribution in [-0.2, 0) is 6.42 Å². The molecule has 0 aliphatic carbocycles. The lowest BCUT2D eigenvalue weighted by molar-refractivity contribution is 0.204. The first-order valence-corrected chi connectivity index (χ1v) is 7.70. The summed E-state index contributed by atoms with van der Waals surface area (Å²) in [6.45, 7) is 1.90. The minimum atomic E-state index is 0.104. The van der Waals surface area contributed by atoms with E-state index in [-0.39, 0.29) is 6.10 Å². The Balaban J connectivity index is 1.87. The normalized spacial score (nSPS) is 19.1. The van der Waals surface area contributed by atoms with E-state index in [1.165, 1.54) is 10.4 Å². The molecule has 0 amide bonds. The van der Waals surface area contributed by atoms with Gasteiger partial charge in [0.2, 0.25) is 0 Å². The summed E-state index contributed by atoms with van der Waals surface area (Å²) < 4.78 is 7.15. The fourth-order valence-electron chi connectivity index (χ4n) is 2.18. The summed E-state index contributed by atoms with van der Waals surface area (Å²) in [5.74, 6) is 0.906. The molecule has 94 valence electrons. The molecule has 4 heteroatoms. The summed E-state index contributed by atoms with van der Waals surface area (Å²) >= 11 is 5.36. The van der Waals surface area contributed by atoms with Gasteiger partial charge in [0.05, 0.1) is 4.47 Å². The van der Waals surface area contributed by atoms with Crippen LogP contribution in [0.15, 0.2) is 40.2 Å². The van der Waals surface area contributed by atoms with Crippen LogP contribution in [0.25, 0.3) is 0 Å². The SMILES string of the molecule is Brc1ccccc1OC1CNCCc2sccc21. The molecule has 2 nitrogen and oxygen atoms in total. The van der Waals surface area contributed by atoms with Gasteiger partial charge in [-0.3, -0.25) is 0 Å². The Bertz CT molecular complexity index is 540. The van der Waals surface area contributed by atoms with Crippen molar-refractivity contribution in [1.29, 1.82) is 0 Å². The number of benzene rings is 1. The molecule has 0 saturated carbocycles. The number of rotatable bonds is 2. The first-order valence-electron chi connectivity index (χ1n) is 6.03. The lowest BCUT2D eigenvalue weighted by Gasteiger charge is -2.18. The van der Waals surface area contributed by atoms with E-state index < -0.39 is 0 Å². The smallest absolute Gasteiger partial charge is 0.137 e. The highest BCUT2D eigenvalue weighted by molar-refractivity contribution is 9.10. The summed E-state index contributed by atoms with van der Waals surface area (Å²) in [6, 6.07) is 10.2. The van der Waals surface area contributed by atoms with E-state index in [1.807, 2.05) is 35.6 Å². The average molecular weight is 324 g/mol. The summed E-state index contributed by atoms with van der Waals surface area (Å²) in [6.07, 6.45) is 1.20. The number of hydrogen-bond acceptors (Lipinski definition) is 3. The van der Waals surface area contributed by atoms with E-state index in [1.54, 1.807) is 0 Å². The fraction of sp³-hybridized carbons (Fsp3) is 0.286. The van der Waals surface area contributed by atoms with Crippen LogP contribution < -0.4 is 10.1 Å². The maximum absolute atomic E-state index is 6.15. The van der Waals surface area contributed by atoms with Crippen molar-refractivity contribution < 1.29 is 4.74 Å². The standard InChI is InChI=1S/C14H14BrNOS/c15-11-3-1-2-4-12(11)17-13-9-16-7-5-14-10(13)6-8-18-14/h1-4,6,8,13,16H,5,7,9H2. The molecule has 18 heavy (non-hydrogen) atoms. The number of para-hydroxylation sites is 1. The number of ether oxygens (including phenoxy) is 1. The zero-order valence-electron chi connectivity index (χ0n) is 9.86. The van der Waals surface area contributed by atoms with Gasteiger partial charge in [0.1, 0.15) is 11.9 Å². The van der Waals surface area contributed by atoms with Crippen molar-refractivity contribution in [3.63, 3.8) is 0 Å². The molecule has 1 N–H and O–H groups in total. The third-order valence-electron chi connectivity index (χ3n) is 3.09. The van der Waals surface area contributed by atoms with Gasteiger partial charge in [-0.05, 0) is 45.9 Å². The predicted molar refractivity (Wildman–Crippen MR) is 78.4 cm³/mol. The largest absolute Gasteiger partial charge is 0.483 e. The molecule has 2 aromatic rings. The van der Waals surface area contributed by atoms with Crippen molar-refractivity contribution >= 4 is 27.3 Å². The lowest BCUT2D eigenvalue weighted by Crippen LogP contribution is -2.23. The van der Waals surface area contributed by atoms with E-state index in [2.05, 4.69) is 32.7 Å².